The molecule has 0 saturated carbocycles. The molecular weight excluding hydrogens is 265 g/mol. The molecule has 1 aromatic rings. The van der Waals surface area contributed by atoms with Crippen molar-refractivity contribution < 1.29 is 14.2 Å². The minimum atomic E-state index is -0.644. The van der Waals surface area contributed by atoms with Gasteiger partial charge in [0.05, 0.1) is 17.9 Å². The standard InChI is InChI=1S/C14H18FNO2S/c15-12-5-11(7-16-8-12)13(17)10-1-3-18-14(6-10)2-4-19-9-14/h5,7-8,10,13,17H,1-4,6,9H2. The third kappa shape index (κ3) is 2.78. The summed E-state index contributed by atoms with van der Waals surface area (Å²) in [5, 5.41) is 10.4. The molecule has 0 aliphatic carbocycles. The molecule has 3 unspecified atom stereocenters. The van der Waals surface area contributed by atoms with Crippen molar-refractivity contribution in [3.63, 3.8) is 0 Å². The summed E-state index contributed by atoms with van der Waals surface area (Å²) >= 11 is 1.91. The quantitative estimate of drug-likeness (QED) is 0.906. The van der Waals surface area contributed by atoms with Gasteiger partial charge < -0.3 is 9.84 Å². The van der Waals surface area contributed by atoms with Gasteiger partial charge in [0.2, 0.25) is 0 Å². The number of hydrogen-bond donors (Lipinski definition) is 1. The zero-order valence-electron chi connectivity index (χ0n) is 10.7. The van der Waals surface area contributed by atoms with E-state index in [1.165, 1.54) is 6.07 Å². The molecule has 1 spiro atoms. The van der Waals surface area contributed by atoms with E-state index in [1.54, 1.807) is 6.20 Å². The maximum atomic E-state index is 13.2. The summed E-state index contributed by atoms with van der Waals surface area (Å²) in [4.78, 5) is 3.82. The van der Waals surface area contributed by atoms with Crippen LogP contribution in [0.5, 0.6) is 0 Å². The van der Waals surface area contributed by atoms with Crippen molar-refractivity contribution in [3.8, 4) is 0 Å². The lowest BCUT2D eigenvalue weighted by molar-refractivity contribution is -0.102. The Morgan fingerprint density at radius 1 is 1.53 bits per heavy atom. The highest BCUT2D eigenvalue weighted by Crippen LogP contribution is 2.43. The summed E-state index contributed by atoms with van der Waals surface area (Å²) in [6.07, 6.45) is 4.81. The maximum absolute atomic E-state index is 13.2. The van der Waals surface area contributed by atoms with Gasteiger partial charge in [-0.25, -0.2) is 4.39 Å². The SMILES string of the molecule is OC(c1cncc(F)c1)C1CCOC2(CCSC2)C1. The number of thioether (sulfide) groups is 1. The average Bonchev–Trinajstić information content (AvgIpc) is 2.86. The van der Waals surface area contributed by atoms with Crippen LogP contribution >= 0.6 is 11.8 Å². The number of rotatable bonds is 2. The van der Waals surface area contributed by atoms with E-state index in [0.717, 1.165) is 37.0 Å². The number of halogens is 1. The molecule has 2 aliphatic rings. The smallest absolute Gasteiger partial charge is 0.141 e. The molecule has 2 fully saturated rings. The maximum Gasteiger partial charge on any atom is 0.141 e. The first-order valence-corrected chi connectivity index (χ1v) is 7.84. The van der Waals surface area contributed by atoms with Gasteiger partial charge in [-0.3, -0.25) is 4.98 Å². The van der Waals surface area contributed by atoms with Crippen LogP contribution in [-0.2, 0) is 4.74 Å². The van der Waals surface area contributed by atoms with Gasteiger partial charge in [0, 0.05) is 24.1 Å². The van der Waals surface area contributed by atoms with E-state index in [4.69, 9.17) is 4.74 Å². The molecule has 0 radical (unpaired) electrons. The highest BCUT2D eigenvalue weighted by atomic mass is 32.2. The molecule has 0 bridgehead atoms. The summed E-state index contributed by atoms with van der Waals surface area (Å²) in [5.74, 6) is 1.88. The van der Waals surface area contributed by atoms with Gasteiger partial charge in [0.15, 0.2) is 0 Å². The normalized spacial score (nSPS) is 32.6. The van der Waals surface area contributed by atoms with E-state index in [1.807, 2.05) is 11.8 Å². The van der Waals surface area contributed by atoms with Crippen LogP contribution in [0.15, 0.2) is 18.5 Å². The van der Waals surface area contributed by atoms with Crippen molar-refractivity contribution in [3.05, 3.63) is 29.8 Å². The molecule has 2 saturated heterocycles. The van der Waals surface area contributed by atoms with Crippen LogP contribution in [0.3, 0.4) is 0 Å². The Labute approximate surface area is 116 Å². The molecule has 3 atom stereocenters. The predicted molar refractivity (Wildman–Crippen MR) is 72.5 cm³/mol. The van der Waals surface area contributed by atoms with E-state index >= 15 is 0 Å². The highest BCUT2D eigenvalue weighted by molar-refractivity contribution is 7.99. The molecule has 0 amide bonds. The van der Waals surface area contributed by atoms with Gasteiger partial charge in [0.1, 0.15) is 5.82 Å². The molecular formula is C14H18FNO2S. The Morgan fingerprint density at radius 2 is 2.42 bits per heavy atom. The van der Waals surface area contributed by atoms with E-state index in [0.29, 0.717) is 12.2 Å². The van der Waals surface area contributed by atoms with Gasteiger partial charge in [0.25, 0.3) is 0 Å². The summed E-state index contributed by atoms with van der Waals surface area (Å²) in [5.41, 5.74) is 0.516. The average molecular weight is 283 g/mol. The number of aliphatic hydroxyl groups excluding tert-OH is 1. The van der Waals surface area contributed by atoms with Crippen LogP contribution in [0.25, 0.3) is 0 Å². The molecule has 0 aromatic carbocycles. The second-order valence-corrected chi connectivity index (χ2v) is 6.57. The lowest BCUT2D eigenvalue weighted by Gasteiger charge is -2.39. The molecule has 3 rings (SSSR count). The first-order chi connectivity index (χ1) is 9.19. The van der Waals surface area contributed by atoms with E-state index in [-0.39, 0.29) is 11.5 Å². The van der Waals surface area contributed by atoms with Crippen molar-refractivity contribution in [1.29, 1.82) is 0 Å². The Kier molecular flexibility index (Phi) is 3.78. The number of hydrogen-bond acceptors (Lipinski definition) is 4. The molecule has 1 aromatic heterocycles. The van der Waals surface area contributed by atoms with Crippen LogP contribution in [0, 0.1) is 11.7 Å². The third-order valence-corrected chi connectivity index (χ3v) is 5.34. The first kappa shape index (κ1) is 13.3. The van der Waals surface area contributed by atoms with Crippen LogP contribution in [-0.4, -0.2) is 33.8 Å². The lowest BCUT2D eigenvalue weighted by Crippen LogP contribution is -2.41. The monoisotopic (exact) mass is 283 g/mol. The minimum absolute atomic E-state index is 0.0602. The first-order valence-electron chi connectivity index (χ1n) is 6.69. The molecule has 104 valence electrons. The lowest BCUT2D eigenvalue weighted by atomic mass is 9.80. The van der Waals surface area contributed by atoms with Crippen molar-refractivity contribution in [2.45, 2.75) is 31.0 Å². The summed E-state index contributed by atoms with van der Waals surface area (Å²) in [6, 6.07) is 1.38. The van der Waals surface area contributed by atoms with E-state index in [9.17, 15) is 9.50 Å². The van der Waals surface area contributed by atoms with Crippen LogP contribution in [0.4, 0.5) is 4.39 Å². The predicted octanol–water partition coefficient (Wildman–Crippen LogP) is 2.56. The fourth-order valence-corrected chi connectivity index (χ4v) is 4.44. The largest absolute Gasteiger partial charge is 0.388 e. The van der Waals surface area contributed by atoms with Gasteiger partial charge >= 0.3 is 0 Å². The zero-order chi connectivity index (χ0) is 13.3. The summed E-state index contributed by atoms with van der Waals surface area (Å²) in [7, 11) is 0. The fourth-order valence-electron chi connectivity index (χ4n) is 3.06. The van der Waals surface area contributed by atoms with Gasteiger partial charge in [-0.05, 0) is 37.0 Å². The zero-order valence-corrected chi connectivity index (χ0v) is 11.5. The molecule has 2 aliphatic heterocycles. The topological polar surface area (TPSA) is 42.4 Å². The highest BCUT2D eigenvalue weighted by Gasteiger charge is 2.42. The molecule has 19 heavy (non-hydrogen) atoms. The third-order valence-electron chi connectivity index (χ3n) is 4.11. The van der Waals surface area contributed by atoms with E-state index in [2.05, 4.69) is 4.98 Å². The summed E-state index contributed by atoms with van der Waals surface area (Å²) in [6.45, 7) is 0.686. The Morgan fingerprint density at radius 3 is 3.16 bits per heavy atom. The van der Waals surface area contributed by atoms with Crippen LogP contribution < -0.4 is 0 Å². The van der Waals surface area contributed by atoms with Crippen LogP contribution in [0.2, 0.25) is 0 Å². The molecule has 3 heterocycles. The van der Waals surface area contributed by atoms with Crippen molar-refractivity contribution in [1.82, 2.24) is 4.98 Å². The minimum Gasteiger partial charge on any atom is -0.388 e. The number of aromatic nitrogens is 1. The second kappa shape index (κ2) is 5.38. The van der Waals surface area contributed by atoms with Gasteiger partial charge in [-0.2, -0.15) is 11.8 Å². The van der Waals surface area contributed by atoms with Crippen molar-refractivity contribution in [2.24, 2.45) is 5.92 Å². The van der Waals surface area contributed by atoms with Crippen LogP contribution in [0.1, 0.15) is 30.9 Å². The van der Waals surface area contributed by atoms with Gasteiger partial charge in [-0.1, -0.05) is 0 Å². The van der Waals surface area contributed by atoms with Gasteiger partial charge in [-0.15, -0.1) is 0 Å². The van der Waals surface area contributed by atoms with Crippen molar-refractivity contribution in [2.75, 3.05) is 18.1 Å². The Bertz CT molecular complexity index is 451. The number of nitrogens with zero attached hydrogens (tertiary/aromatic N) is 1. The number of aliphatic hydroxyl groups is 1. The second-order valence-electron chi connectivity index (χ2n) is 5.47. The summed E-state index contributed by atoms with van der Waals surface area (Å²) < 4.78 is 19.1. The number of pyridine rings is 1. The molecule has 3 nitrogen and oxygen atoms in total. The Balaban J connectivity index is 1.74. The Hall–Kier alpha value is -0.650. The van der Waals surface area contributed by atoms with E-state index < -0.39 is 11.9 Å². The fraction of sp³-hybridized carbons (Fsp3) is 0.643. The molecule has 1 N–H and O–H groups in total. The number of ether oxygens (including phenoxy) is 1. The molecule has 5 heteroatoms. The van der Waals surface area contributed by atoms with Crippen molar-refractivity contribution >= 4 is 11.8 Å².